The van der Waals surface area contributed by atoms with E-state index in [9.17, 15) is 9.00 Å². The molecular formula is C14H18N2O4S. The number of anilines is 1. The van der Waals surface area contributed by atoms with E-state index in [0.717, 1.165) is 6.42 Å². The molecule has 2 heterocycles. The van der Waals surface area contributed by atoms with Gasteiger partial charge in [0.05, 0.1) is 0 Å². The first-order chi connectivity index (χ1) is 10.1. The first kappa shape index (κ1) is 14.2. The van der Waals surface area contributed by atoms with Crippen molar-refractivity contribution in [3.8, 4) is 11.5 Å². The maximum atomic E-state index is 12.3. The number of nitrogens with zero attached hydrogens (tertiary/aromatic N) is 1. The number of ether oxygens (including phenoxy) is 2. The SMILES string of the molecule is C[C@@H]1CCN(C(=O)Nc2ccc3c(c2)OCO3)CC[S@]1=O. The van der Waals surface area contributed by atoms with Crippen LogP contribution in [0.1, 0.15) is 13.3 Å². The third-order valence-corrected chi connectivity index (χ3v) is 5.45. The zero-order valence-corrected chi connectivity index (χ0v) is 12.6. The number of nitrogens with one attached hydrogen (secondary N) is 1. The maximum Gasteiger partial charge on any atom is 0.321 e. The van der Waals surface area contributed by atoms with Gasteiger partial charge in [0, 0.05) is 46.6 Å². The molecule has 6 nitrogen and oxygen atoms in total. The molecule has 114 valence electrons. The van der Waals surface area contributed by atoms with Gasteiger partial charge in [0.25, 0.3) is 0 Å². The molecular weight excluding hydrogens is 292 g/mol. The van der Waals surface area contributed by atoms with Crippen LogP contribution in [-0.2, 0) is 10.8 Å². The third kappa shape index (κ3) is 3.12. The van der Waals surface area contributed by atoms with Gasteiger partial charge in [0.2, 0.25) is 6.79 Å². The van der Waals surface area contributed by atoms with Crippen molar-refractivity contribution in [1.82, 2.24) is 4.90 Å². The van der Waals surface area contributed by atoms with Gasteiger partial charge in [-0.3, -0.25) is 4.21 Å². The Bertz CT molecular complexity index is 578. The van der Waals surface area contributed by atoms with Crippen LogP contribution in [0.4, 0.5) is 10.5 Å². The lowest BCUT2D eigenvalue weighted by atomic mass is 10.3. The Labute approximate surface area is 125 Å². The van der Waals surface area contributed by atoms with Crippen LogP contribution in [0.25, 0.3) is 0 Å². The van der Waals surface area contributed by atoms with Gasteiger partial charge in [-0.15, -0.1) is 0 Å². The molecule has 3 rings (SSSR count). The maximum absolute atomic E-state index is 12.3. The number of amides is 2. The minimum absolute atomic E-state index is 0.147. The highest BCUT2D eigenvalue weighted by atomic mass is 32.2. The lowest BCUT2D eigenvalue weighted by molar-refractivity contribution is 0.174. The standard InChI is InChI=1S/C14H18N2O4S/c1-10-4-5-16(6-7-21(10)18)14(17)15-11-2-3-12-13(8-11)20-9-19-12/h2-3,8,10H,4-7,9H2,1H3,(H,15,17)/t10-,21-/m1/s1. The molecule has 21 heavy (non-hydrogen) atoms. The summed E-state index contributed by atoms with van der Waals surface area (Å²) in [5, 5.41) is 3.00. The Morgan fingerprint density at radius 1 is 1.33 bits per heavy atom. The van der Waals surface area contributed by atoms with Crippen LogP contribution in [0.5, 0.6) is 11.5 Å². The van der Waals surface area contributed by atoms with E-state index in [0.29, 0.717) is 36.0 Å². The van der Waals surface area contributed by atoms with Gasteiger partial charge >= 0.3 is 6.03 Å². The molecule has 0 radical (unpaired) electrons. The Morgan fingerprint density at radius 3 is 3.00 bits per heavy atom. The Morgan fingerprint density at radius 2 is 2.14 bits per heavy atom. The summed E-state index contributed by atoms with van der Waals surface area (Å²) in [4.78, 5) is 14.0. The Hall–Kier alpha value is -1.76. The number of hydrogen-bond donors (Lipinski definition) is 1. The van der Waals surface area contributed by atoms with Crippen LogP contribution in [0, 0.1) is 0 Å². The molecule has 1 aromatic rings. The number of fused-ring (bicyclic) bond motifs is 1. The largest absolute Gasteiger partial charge is 0.454 e. The van der Waals surface area contributed by atoms with Crippen molar-refractivity contribution in [3.05, 3.63) is 18.2 Å². The predicted octanol–water partition coefficient (Wildman–Crippen LogP) is 1.79. The van der Waals surface area contributed by atoms with Crippen LogP contribution >= 0.6 is 0 Å². The van der Waals surface area contributed by atoms with E-state index in [4.69, 9.17) is 9.47 Å². The van der Waals surface area contributed by atoms with Crippen LogP contribution in [0.15, 0.2) is 18.2 Å². The van der Waals surface area contributed by atoms with E-state index in [2.05, 4.69) is 5.32 Å². The topological polar surface area (TPSA) is 67.9 Å². The normalized spacial score (nSPS) is 24.5. The summed E-state index contributed by atoms with van der Waals surface area (Å²) >= 11 is 0. The average Bonchev–Trinajstić information content (AvgIpc) is 2.87. The van der Waals surface area contributed by atoms with Crippen LogP contribution in [0.3, 0.4) is 0 Å². The highest BCUT2D eigenvalue weighted by Crippen LogP contribution is 2.34. The minimum Gasteiger partial charge on any atom is -0.454 e. The number of urea groups is 1. The average molecular weight is 310 g/mol. The fourth-order valence-corrected chi connectivity index (χ4v) is 3.53. The minimum atomic E-state index is -0.844. The van der Waals surface area contributed by atoms with Crippen molar-refractivity contribution in [2.24, 2.45) is 0 Å². The van der Waals surface area contributed by atoms with Gasteiger partial charge in [-0.2, -0.15) is 0 Å². The van der Waals surface area contributed by atoms with Gasteiger partial charge in [-0.25, -0.2) is 4.79 Å². The molecule has 0 unspecified atom stereocenters. The van der Waals surface area contributed by atoms with Crippen molar-refractivity contribution >= 4 is 22.5 Å². The summed E-state index contributed by atoms with van der Waals surface area (Å²) < 4.78 is 22.3. The van der Waals surface area contributed by atoms with Crippen molar-refractivity contribution in [2.45, 2.75) is 18.6 Å². The van der Waals surface area contributed by atoms with Crippen molar-refractivity contribution in [3.63, 3.8) is 0 Å². The number of rotatable bonds is 1. The molecule has 2 aliphatic rings. The van der Waals surface area contributed by atoms with Gasteiger partial charge < -0.3 is 19.7 Å². The molecule has 0 saturated carbocycles. The Balaban J connectivity index is 1.64. The molecule has 1 aromatic carbocycles. The zero-order valence-electron chi connectivity index (χ0n) is 11.8. The molecule has 2 aliphatic heterocycles. The second kappa shape index (κ2) is 5.93. The van der Waals surface area contributed by atoms with Gasteiger partial charge in [-0.1, -0.05) is 6.92 Å². The summed E-state index contributed by atoms with van der Waals surface area (Å²) in [5.41, 5.74) is 0.669. The molecule has 0 bridgehead atoms. The molecule has 2 atom stereocenters. The predicted molar refractivity (Wildman–Crippen MR) is 80.2 cm³/mol. The summed E-state index contributed by atoms with van der Waals surface area (Å²) in [6.07, 6.45) is 0.765. The van der Waals surface area contributed by atoms with Crippen LogP contribution in [0.2, 0.25) is 0 Å². The molecule has 1 fully saturated rings. The van der Waals surface area contributed by atoms with Crippen molar-refractivity contribution < 1.29 is 18.5 Å². The van der Waals surface area contributed by atoms with Gasteiger partial charge in [0.15, 0.2) is 11.5 Å². The van der Waals surface area contributed by atoms with Crippen LogP contribution < -0.4 is 14.8 Å². The van der Waals surface area contributed by atoms with E-state index in [1.54, 1.807) is 23.1 Å². The fraction of sp³-hybridized carbons (Fsp3) is 0.500. The molecule has 2 amide bonds. The fourth-order valence-electron chi connectivity index (χ4n) is 2.36. The number of carbonyl (C=O) groups is 1. The van der Waals surface area contributed by atoms with E-state index in [1.165, 1.54) is 0 Å². The molecule has 0 aliphatic carbocycles. The number of benzene rings is 1. The van der Waals surface area contributed by atoms with E-state index in [-0.39, 0.29) is 18.1 Å². The second-order valence-electron chi connectivity index (χ2n) is 5.17. The molecule has 7 heteroatoms. The monoisotopic (exact) mass is 310 g/mol. The highest BCUT2D eigenvalue weighted by molar-refractivity contribution is 7.85. The summed E-state index contributed by atoms with van der Waals surface area (Å²) in [6.45, 7) is 3.33. The number of carbonyl (C=O) groups excluding carboxylic acids is 1. The quantitative estimate of drug-likeness (QED) is 0.859. The van der Waals surface area contributed by atoms with Crippen LogP contribution in [-0.4, -0.2) is 46.0 Å². The first-order valence-electron chi connectivity index (χ1n) is 6.96. The van der Waals surface area contributed by atoms with E-state index >= 15 is 0 Å². The molecule has 0 aromatic heterocycles. The van der Waals surface area contributed by atoms with Crippen molar-refractivity contribution in [2.75, 3.05) is 31.0 Å². The summed E-state index contributed by atoms with van der Waals surface area (Å²) in [5.74, 6) is 1.86. The lowest BCUT2D eigenvalue weighted by Gasteiger charge is -2.20. The zero-order chi connectivity index (χ0) is 14.8. The van der Waals surface area contributed by atoms with Gasteiger partial charge in [-0.05, 0) is 18.6 Å². The Kier molecular flexibility index (Phi) is 4.01. The number of hydrogen-bond acceptors (Lipinski definition) is 4. The molecule has 0 spiro atoms. The summed E-state index contributed by atoms with van der Waals surface area (Å²) in [6, 6.07) is 5.14. The third-order valence-electron chi connectivity index (χ3n) is 3.73. The van der Waals surface area contributed by atoms with E-state index < -0.39 is 10.8 Å². The lowest BCUT2D eigenvalue weighted by Crippen LogP contribution is -2.36. The van der Waals surface area contributed by atoms with E-state index in [1.807, 2.05) is 6.92 Å². The summed E-state index contributed by atoms with van der Waals surface area (Å²) in [7, 11) is -0.844. The molecule has 1 saturated heterocycles. The first-order valence-corrected chi connectivity index (χ1v) is 8.34. The molecule has 1 N–H and O–H groups in total. The second-order valence-corrected chi connectivity index (χ2v) is 7.14. The van der Waals surface area contributed by atoms with Gasteiger partial charge in [0.1, 0.15) is 0 Å². The van der Waals surface area contributed by atoms with Crippen molar-refractivity contribution in [1.29, 1.82) is 0 Å². The smallest absolute Gasteiger partial charge is 0.321 e. The highest BCUT2D eigenvalue weighted by Gasteiger charge is 2.23.